The molecule has 0 aromatic heterocycles. The molecule has 0 saturated heterocycles. The molecular weight excluding hydrogens is 622 g/mol. The van der Waals surface area contributed by atoms with E-state index in [1.165, 1.54) is 44.5 Å². The van der Waals surface area contributed by atoms with Gasteiger partial charge in [0.05, 0.1) is 0 Å². The van der Waals surface area contributed by atoms with Crippen molar-refractivity contribution in [1.82, 2.24) is 0 Å². The highest BCUT2D eigenvalue weighted by atomic mass is 31.2. The molecule has 2 aliphatic rings. The minimum absolute atomic E-state index is 0.834. The lowest BCUT2D eigenvalue weighted by Crippen LogP contribution is -2.25. The van der Waals surface area contributed by atoms with Crippen LogP contribution in [0.15, 0.2) is 170 Å². The highest BCUT2D eigenvalue weighted by Crippen LogP contribution is 2.49. The van der Waals surface area contributed by atoms with E-state index < -0.39 is 14.3 Å². The minimum Gasteiger partial charge on any atom is -0.309 e. The Morgan fingerprint density at radius 2 is 0.583 bits per heavy atom. The van der Waals surface area contributed by atoms with Gasteiger partial charge in [-0.2, -0.15) is 0 Å². The van der Waals surface area contributed by atoms with Crippen molar-refractivity contribution < 1.29 is 9.13 Å². The Morgan fingerprint density at radius 1 is 0.292 bits per heavy atom. The Bertz CT molecular complexity index is 2180. The zero-order chi connectivity index (χ0) is 32.3. The van der Waals surface area contributed by atoms with E-state index in [1.807, 2.05) is 121 Å². The zero-order valence-electron chi connectivity index (χ0n) is 26.3. The molecule has 0 unspecified atom stereocenters. The lowest BCUT2D eigenvalue weighted by atomic mass is 9.98. The highest BCUT2D eigenvalue weighted by Gasteiger charge is 2.34. The maximum absolute atomic E-state index is 15.2. The Morgan fingerprint density at radius 3 is 0.896 bits per heavy atom. The van der Waals surface area contributed by atoms with E-state index in [1.54, 1.807) is 0 Å². The van der Waals surface area contributed by atoms with Gasteiger partial charge < -0.3 is 9.13 Å². The Balaban J connectivity index is 1.15. The van der Waals surface area contributed by atoms with Gasteiger partial charge in [-0.1, -0.05) is 146 Å². The van der Waals surface area contributed by atoms with Crippen LogP contribution in [0.4, 0.5) is 0 Å². The van der Waals surface area contributed by atoms with Crippen molar-refractivity contribution in [1.29, 1.82) is 0 Å². The third-order valence-corrected chi connectivity index (χ3v) is 16.2. The maximum atomic E-state index is 15.2. The zero-order valence-corrected chi connectivity index (χ0v) is 28.1. The van der Waals surface area contributed by atoms with E-state index in [4.69, 9.17) is 0 Å². The second kappa shape index (κ2) is 11.3. The Kier molecular flexibility index (Phi) is 6.87. The second-order valence-corrected chi connectivity index (χ2v) is 18.3. The van der Waals surface area contributed by atoms with Crippen molar-refractivity contribution in [3.63, 3.8) is 0 Å². The van der Waals surface area contributed by atoms with Crippen LogP contribution in [0, 0.1) is 0 Å². The van der Waals surface area contributed by atoms with Gasteiger partial charge in [0.2, 0.25) is 0 Å². The number of fused-ring (bicyclic) bond motifs is 6. The lowest BCUT2D eigenvalue weighted by molar-refractivity contribution is 0.591. The van der Waals surface area contributed by atoms with E-state index in [0.717, 1.165) is 44.7 Å². The van der Waals surface area contributed by atoms with Crippen molar-refractivity contribution in [2.24, 2.45) is 0 Å². The monoisotopic (exact) mass is 654 g/mol. The third-order valence-electron chi connectivity index (χ3n) is 10.1. The molecule has 7 aromatic carbocycles. The molecule has 4 heteroatoms. The van der Waals surface area contributed by atoms with Crippen LogP contribution in [-0.2, 0) is 22.0 Å². The van der Waals surface area contributed by atoms with Crippen molar-refractivity contribution in [3.05, 3.63) is 192 Å². The van der Waals surface area contributed by atoms with Gasteiger partial charge in [-0.25, -0.2) is 0 Å². The average molecular weight is 655 g/mol. The molecule has 0 bridgehead atoms. The van der Waals surface area contributed by atoms with Crippen LogP contribution in [0.1, 0.15) is 22.3 Å². The average Bonchev–Trinajstić information content (AvgIpc) is 3.71. The molecule has 0 N–H and O–H groups in total. The molecule has 0 fully saturated rings. The van der Waals surface area contributed by atoms with E-state index in [0.29, 0.717) is 0 Å². The summed E-state index contributed by atoms with van der Waals surface area (Å²) in [5.41, 5.74) is 9.88. The standard InChI is InChI=1S/C44H32O2P2/c45-47(35-13-5-1-6-14-35,36-15-7-2-8-16-36)39-23-21-31-25-33-28-42-34(27-41(33)43(31)29-39)26-32-22-24-40(30-44(32)42)48(46,37-17-9-3-10-18-37)38-19-11-4-12-20-38/h1-24,27-30H,25-26H2. The van der Waals surface area contributed by atoms with Gasteiger partial charge in [0.25, 0.3) is 0 Å². The number of rotatable bonds is 6. The van der Waals surface area contributed by atoms with Gasteiger partial charge in [0.15, 0.2) is 14.3 Å². The Labute approximate surface area is 281 Å². The number of hydrogen-bond donors (Lipinski definition) is 0. The van der Waals surface area contributed by atoms with Crippen molar-refractivity contribution in [2.75, 3.05) is 0 Å². The van der Waals surface area contributed by atoms with Crippen LogP contribution in [0.5, 0.6) is 0 Å². The van der Waals surface area contributed by atoms with Gasteiger partial charge in [-0.05, 0) is 81.6 Å². The molecule has 0 aliphatic heterocycles. The first kappa shape index (κ1) is 29.2. The van der Waals surface area contributed by atoms with Crippen LogP contribution < -0.4 is 31.8 Å². The quantitative estimate of drug-likeness (QED) is 0.170. The van der Waals surface area contributed by atoms with E-state index >= 15 is 9.13 Å². The summed E-state index contributed by atoms with van der Waals surface area (Å²) in [4.78, 5) is 0. The van der Waals surface area contributed by atoms with Crippen LogP contribution in [-0.4, -0.2) is 0 Å². The number of hydrogen-bond acceptors (Lipinski definition) is 2. The molecule has 0 spiro atoms. The third kappa shape index (κ3) is 4.48. The summed E-state index contributed by atoms with van der Waals surface area (Å²) in [5, 5.41) is 5.10. The van der Waals surface area contributed by atoms with E-state index in [-0.39, 0.29) is 0 Å². The Hall–Kier alpha value is -5.00. The molecule has 7 aromatic rings. The maximum Gasteiger partial charge on any atom is 0.171 e. The summed E-state index contributed by atoms with van der Waals surface area (Å²) in [6, 6.07) is 57.1. The summed E-state index contributed by atoms with van der Waals surface area (Å²) in [5.74, 6) is 0. The summed E-state index contributed by atoms with van der Waals surface area (Å²) in [6.45, 7) is 0. The molecule has 48 heavy (non-hydrogen) atoms. The van der Waals surface area contributed by atoms with Gasteiger partial charge in [0.1, 0.15) is 0 Å². The summed E-state index contributed by atoms with van der Waals surface area (Å²) in [7, 11) is -6.17. The van der Waals surface area contributed by atoms with Crippen molar-refractivity contribution in [2.45, 2.75) is 12.8 Å². The number of benzene rings is 7. The summed E-state index contributed by atoms with van der Waals surface area (Å²) in [6.07, 6.45) is 1.67. The predicted molar refractivity (Wildman–Crippen MR) is 202 cm³/mol. The highest BCUT2D eigenvalue weighted by molar-refractivity contribution is 7.85. The fourth-order valence-corrected chi connectivity index (χ4v) is 13.0. The van der Waals surface area contributed by atoms with Crippen LogP contribution in [0.3, 0.4) is 0 Å². The van der Waals surface area contributed by atoms with Crippen molar-refractivity contribution >= 4 is 46.1 Å². The predicted octanol–water partition coefficient (Wildman–Crippen LogP) is 8.11. The van der Waals surface area contributed by atoms with Gasteiger partial charge >= 0.3 is 0 Å². The van der Waals surface area contributed by atoms with Crippen LogP contribution in [0.2, 0.25) is 0 Å². The molecular formula is C44H32O2P2. The van der Waals surface area contributed by atoms with Gasteiger partial charge in [-0.3, -0.25) is 0 Å². The molecule has 0 saturated carbocycles. The normalized spacial score (nSPS) is 13.0. The molecule has 0 radical (unpaired) electrons. The first-order chi connectivity index (χ1) is 23.5. The molecule has 230 valence electrons. The van der Waals surface area contributed by atoms with Crippen LogP contribution >= 0.6 is 14.3 Å². The van der Waals surface area contributed by atoms with Crippen molar-refractivity contribution in [3.8, 4) is 22.3 Å². The van der Waals surface area contributed by atoms with E-state index in [9.17, 15) is 0 Å². The first-order valence-corrected chi connectivity index (χ1v) is 19.8. The SMILES string of the molecule is O=P(c1ccccc1)(c1ccccc1)c1ccc2c(c1)-c1cc3c(cc1C2)-c1cc(P(=O)(c2ccccc2)c2ccccc2)ccc1C3. The van der Waals surface area contributed by atoms with Gasteiger partial charge in [-0.15, -0.1) is 0 Å². The molecule has 2 nitrogen and oxygen atoms in total. The second-order valence-electron chi connectivity index (χ2n) is 12.8. The largest absolute Gasteiger partial charge is 0.309 e. The first-order valence-electron chi connectivity index (χ1n) is 16.4. The molecule has 9 rings (SSSR count). The molecule has 2 aliphatic carbocycles. The fraction of sp³-hybridized carbons (Fsp3) is 0.0455. The lowest BCUT2D eigenvalue weighted by Gasteiger charge is -2.21. The summed E-state index contributed by atoms with van der Waals surface area (Å²) < 4.78 is 30.3. The summed E-state index contributed by atoms with van der Waals surface area (Å²) >= 11 is 0. The minimum atomic E-state index is -3.08. The topological polar surface area (TPSA) is 34.1 Å². The van der Waals surface area contributed by atoms with Gasteiger partial charge in [0, 0.05) is 31.8 Å². The van der Waals surface area contributed by atoms with E-state index in [2.05, 4.69) is 48.5 Å². The molecule has 0 heterocycles. The molecule has 0 atom stereocenters. The fourth-order valence-electron chi connectivity index (χ4n) is 7.67. The molecule has 0 amide bonds. The smallest absolute Gasteiger partial charge is 0.171 e. The van der Waals surface area contributed by atoms with Crippen LogP contribution in [0.25, 0.3) is 22.3 Å².